The second-order valence-corrected chi connectivity index (χ2v) is 4.11. The smallest absolute Gasteiger partial charge is 0.0716 e. The standard InChI is InChI=1S/C10H12Br2O/c1-2-13-7-8-3-4-10(12)9(5-8)6-11/h3-5H,2,6-7H2,1H3. The third-order valence-corrected chi connectivity index (χ3v) is 3.10. The summed E-state index contributed by atoms with van der Waals surface area (Å²) >= 11 is 6.93. The van der Waals surface area contributed by atoms with Gasteiger partial charge in [-0.25, -0.2) is 0 Å². The summed E-state index contributed by atoms with van der Waals surface area (Å²) in [6, 6.07) is 6.28. The van der Waals surface area contributed by atoms with E-state index in [-0.39, 0.29) is 0 Å². The third-order valence-electron chi connectivity index (χ3n) is 1.73. The fraction of sp³-hybridized carbons (Fsp3) is 0.400. The molecule has 0 aliphatic rings. The van der Waals surface area contributed by atoms with Crippen LogP contribution >= 0.6 is 31.9 Å². The molecule has 0 heterocycles. The van der Waals surface area contributed by atoms with Crippen LogP contribution in [0.5, 0.6) is 0 Å². The molecule has 0 amide bonds. The van der Waals surface area contributed by atoms with Gasteiger partial charge in [0.2, 0.25) is 0 Å². The van der Waals surface area contributed by atoms with Gasteiger partial charge < -0.3 is 4.74 Å². The molecule has 1 aromatic rings. The van der Waals surface area contributed by atoms with Gasteiger partial charge in [0.15, 0.2) is 0 Å². The van der Waals surface area contributed by atoms with Crippen molar-refractivity contribution in [1.82, 2.24) is 0 Å². The molecule has 1 aromatic carbocycles. The minimum Gasteiger partial charge on any atom is -0.377 e. The number of rotatable bonds is 4. The molecular weight excluding hydrogens is 296 g/mol. The van der Waals surface area contributed by atoms with Crippen LogP contribution in [0, 0.1) is 0 Å². The van der Waals surface area contributed by atoms with Gasteiger partial charge in [0.25, 0.3) is 0 Å². The Bertz CT molecular complexity index is 274. The Hall–Kier alpha value is 0.140. The Balaban J connectivity index is 2.74. The molecule has 0 aliphatic heterocycles. The predicted molar refractivity (Wildman–Crippen MR) is 62.1 cm³/mol. The summed E-state index contributed by atoms with van der Waals surface area (Å²) in [5, 5.41) is 0.869. The van der Waals surface area contributed by atoms with Crippen LogP contribution < -0.4 is 0 Å². The van der Waals surface area contributed by atoms with Crippen LogP contribution in [0.2, 0.25) is 0 Å². The molecule has 72 valence electrons. The van der Waals surface area contributed by atoms with Gasteiger partial charge in [-0.2, -0.15) is 0 Å². The van der Waals surface area contributed by atoms with Crippen LogP contribution in [0.15, 0.2) is 22.7 Å². The van der Waals surface area contributed by atoms with Crippen molar-refractivity contribution < 1.29 is 4.74 Å². The van der Waals surface area contributed by atoms with Gasteiger partial charge in [-0.1, -0.05) is 44.0 Å². The van der Waals surface area contributed by atoms with Crippen LogP contribution in [-0.2, 0) is 16.7 Å². The van der Waals surface area contributed by atoms with E-state index in [9.17, 15) is 0 Å². The van der Waals surface area contributed by atoms with Crippen molar-refractivity contribution in [3.8, 4) is 0 Å². The molecule has 1 rings (SSSR count). The molecule has 0 saturated carbocycles. The first kappa shape index (κ1) is 11.2. The quantitative estimate of drug-likeness (QED) is 0.767. The normalized spacial score (nSPS) is 10.4. The summed E-state index contributed by atoms with van der Waals surface area (Å²) in [4.78, 5) is 0. The number of ether oxygens (including phenoxy) is 1. The van der Waals surface area contributed by atoms with Crippen LogP contribution in [0.25, 0.3) is 0 Å². The SMILES string of the molecule is CCOCc1ccc(Br)c(CBr)c1. The number of halogens is 2. The largest absolute Gasteiger partial charge is 0.377 e. The number of alkyl halides is 1. The van der Waals surface area contributed by atoms with Crippen LogP contribution in [0.3, 0.4) is 0 Å². The summed E-state index contributed by atoms with van der Waals surface area (Å²) in [5.41, 5.74) is 2.48. The number of benzene rings is 1. The highest BCUT2D eigenvalue weighted by Gasteiger charge is 1.99. The minimum absolute atomic E-state index is 0.698. The summed E-state index contributed by atoms with van der Waals surface area (Å²) < 4.78 is 6.47. The third kappa shape index (κ3) is 3.41. The highest BCUT2D eigenvalue weighted by Crippen LogP contribution is 2.21. The lowest BCUT2D eigenvalue weighted by atomic mass is 10.1. The van der Waals surface area contributed by atoms with E-state index in [0.29, 0.717) is 6.61 Å². The molecule has 0 N–H and O–H groups in total. The first-order chi connectivity index (χ1) is 6.27. The molecule has 0 fully saturated rings. The highest BCUT2D eigenvalue weighted by molar-refractivity contribution is 9.10. The van der Waals surface area contributed by atoms with Gasteiger partial charge in [0, 0.05) is 16.4 Å². The Morgan fingerprint density at radius 2 is 2.15 bits per heavy atom. The van der Waals surface area contributed by atoms with Gasteiger partial charge in [-0.3, -0.25) is 0 Å². The van der Waals surface area contributed by atoms with Crippen molar-refractivity contribution >= 4 is 31.9 Å². The molecule has 0 unspecified atom stereocenters. The topological polar surface area (TPSA) is 9.23 Å². The Morgan fingerprint density at radius 3 is 2.77 bits per heavy atom. The fourth-order valence-electron chi connectivity index (χ4n) is 1.04. The van der Waals surface area contributed by atoms with E-state index in [2.05, 4.69) is 50.1 Å². The lowest BCUT2D eigenvalue weighted by Crippen LogP contribution is -1.93. The van der Waals surface area contributed by atoms with Crippen LogP contribution in [0.4, 0.5) is 0 Å². The number of hydrogen-bond donors (Lipinski definition) is 0. The van der Waals surface area contributed by atoms with Gasteiger partial charge >= 0.3 is 0 Å². The Morgan fingerprint density at radius 1 is 1.38 bits per heavy atom. The van der Waals surface area contributed by atoms with Crippen LogP contribution in [-0.4, -0.2) is 6.61 Å². The van der Waals surface area contributed by atoms with Crippen molar-refractivity contribution in [2.75, 3.05) is 6.61 Å². The summed E-state index contributed by atoms with van der Waals surface area (Å²) in [6.07, 6.45) is 0. The predicted octanol–water partition coefficient (Wildman–Crippen LogP) is 3.88. The van der Waals surface area contributed by atoms with Gasteiger partial charge in [-0.15, -0.1) is 0 Å². The van der Waals surface area contributed by atoms with Crippen molar-refractivity contribution in [1.29, 1.82) is 0 Å². The maximum atomic E-state index is 5.33. The Kier molecular flexibility index (Phi) is 4.99. The lowest BCUT2D eigenvalue weighted by molar-refractivity contribution is 0.134. The number of hydrogen-bond acceptors (Lipinski definition) is 1. The minimum atomic E-state index is 0.698. The van der Waals surface area contributed by atoms with E-state index in [1.165, 1.54) is 11.1 Å². The van der Waals surface area contributed by atoms with Gasteiger partial charge in [0.1, 0.15) is 0 Å². The molecular formula is C10H12Br2O. The van der Waals surface area contributed by atoms with Crippen molar-refractivity contribution in [3.63, 3.8) is 0 Å². The van der Waals surface area contributed by atoms with E-state index in [1.807, 2.05) is 6.92 Å². The zero-order valence-electron chi connectivity index (χ0n) is 7.52. The van der Waals surface area contributed by atoms with Gasteiger partial charge in [-0.05, 0) is 24.1 Å². The first-order valence-corrected chi connectivity index (χ1v) is 6.10. The van der Waals surface area contributed by atoms with Crippen molar-refractivity contribution in [2.24, 2.45) is 0 Å². The lowest BCUT2D eigenvalue weighted by Gasteiger charge is -2.05. The van der Waals surface area contributed by atoms with Crippen molar-refractivity contribution in [2.45, 2.75) is 18.9 Å². The molecule has 0 atom stereocenters. The molecule has 0 aliphatic carbocycles. The maximum absolute atomic E-state index is 5.33. The van der Waals surface area contributed by atoms with Crippen LogP contribution in [0.1, 0.15) is 18.1 Å². The van der Waals surface area contributed by atoms with E-state index in [0.717, 1.165) is 16.4 Å². The summed E-state index contributed by atoms with van der Waals surface area (Å²) in [7, 11) is 0. The van der Waals surface area contributed by atoms with E-state index in [1.54, 1.807) is 0 Å². The molecule has 1 nitrogen and oxygen atoms in total. The highest BCUT2D eigenvalue weighted by atomic mass is 79.9. The molecule has 0 bridgehead atoms. The maximum Gasteiger partial charge on any atom is 0.0716 e. The molecule has 13 heavy (non-hydrogen) atoms. The van der Waals surface area contributed by atoms with Crippen molar-refractivity contribution in [3.05, 3.63) is 33.8 Å². The molecule has 0 saturated heterocycles. The molecule has 0 spiro atoms. The first-order valence-electron chi connectivity index (χ1n) is 4.19. The second-order valence-electron chi connectivity index (χ2n) is 2.70. The van der Waals surface area contributed by atoms with E-state index in [4.69, 9.17) is 4.74 Å². The monoisotopic (exact) mass is 306 g/mol. The summed E-state index contributed by atoms with van der Waals surface area (Å²) in [6.45, 7) is 3.47. The average molecular weight is 308 g/mol. The van der Waals surface area contributed by atoms with E-state index < -0.39 is 0 Å². The van der Waals surface area contributed by atoms with E-state index >= 15 is 0 Å². The molecule has 3 heteroatoms. The fourth-order valence-corrected chi connectivity index (χ4v) is 2.27. The average Bonchev–Trinajstić information content (AvgIpc) is 2.16. The molecule has 0 radical (unpaired) electrons. The molecule has 0 aromatic heterocycles. The zero-order chi connectivity index (χ0) is 9.68. The second kappa shape index (κ2) is 5.78. The summed E-state index contributed by atoms with van der Waals surface area (Å²) in [5.74, 6) is 0. The van der Waals surface area contributed by atoms with Gasteiger partial charge in [0.05, 0.1) is 6.61 Å². The zero-order valence-corrected chi connectivity index (χ0v) is 10.7. The Labute approximate surface area is 95.7 Å².